The van der Waals surface area contributed by atoms with Gasteiger partial charge in [0.05, 0.1) is 32.7 Å². The number of ether oxygens (including phenoxy) is 3. The second kappa shape index (κ2) is 12.1. The van der Waals surface area contributed by atoms with Gasteiger partial charge in [0.2, 0.25) is 5.13 Å². The Balaban J connectivity index is 1.98. The van der Waals surface area contributed by atoms with Crippen LogP contribution >= 0.6 is 11.3 Å². The molecule has 0 amide bonds. The summed E-state index contributed by atoms with van der Waals surface area (Å²) in [6.07, 6.45) is 6.94. The van der Waals surface area contributed by atoms with Crippen molar-refractivity contribution in [3.63, 3.8) is 0 Å². The molecule has 0 unspecified atom stereocenters. The molecule has 1 aromatic heterocycles. The first-order valence-electron chi connectivity index (χ1n) is 9.80. The van der Waals surface area contributed by atoms with Crippen LogP contribution in [0.4, 0.5) is 5.13 Å². The summed E-state index contributed by atoms with van der Waals surface area (Å²) in [6, 6.07) is 5.66. The summed E-state index contributed by atoms with van der Waals surface area (Å²) in [5.74, 6) is 1.01. The van der Waals surface area contributed by atoms with Crippen molar-refractivity contribution in [1.29, 1.82) is 0 Å². The molecule has 2 aromatic rings. The van der Waals surface area contributed by atoms with E-state index in [9.17, 15) is 4.79 Å². The van der Waals surface area contributed by atoms with Crippen LogP contribution in [0.3, 0.4) is 0 Å². The summed E-state index contributed by atoms with van der Waals surface area (Å²) in [7, 11) is 2.98. The van der Waals surface area contributed by atoms with E-state index in [4.69, 9.17) is 14.2 Å². The smallest absolute Gasteiger partial charge is 0.350 e. The van der Waals surface area contributed by atoms with Crippen LogP contribution in [-0.4, -0.2) is 38.0 Å². The molecule has 0 spiro atoms. The largest absolute Gasteiger partial charge is 0.493 e. The maximum atomic E-state index is 11.8. The number of carbonyl (C=O) groups is 1. The van der Waals surface area contributed by atoms with Crippen molar-refractivity contribution in [3.8, 4) is 11.5 Å². The predicted molar refractivity (Wildman–Crippen MR) is 117 cm³/mol. The Morgan fingerprint density at radius 1 is 1.21 bits per heavy atom. The fraction of sp³-hybridized carbons (Fsp3) is 0.476. The highest BCUT2D eigenvalue weighted by Crippen LogP contribution is 2.28. The third-order valence-electron chi connectivity index (χ3n) is 4.22. The molecule has 0 aliphatic heterocycles. The molecule has 0 radical (unpaired) electrons. The van der Waals surface area contributed by atoms with Crippen LogP contribution in [0.25, 0.3) is 0 Å². The van der Waals surface area contributed by atoms with Gasteiger partial charge in [0.1, 0.15) is 4.88 Å². The van der Waals surface area contributed by atoms with Gasteiger partial charge in [-0.3, -0.25) is 5.43 Å². The van der Waals surface area contributed by atoms with Gasteiger partial charge in [-0.25, -0.2) is 9.78 Å². The summed E-state index contributed by atoms with van der Waals surface area (Å²) < 4.78 is 16.0. The topological polar surface area (TPSA) is 82.0 Å². The minimum atomic E-state index is -0.383. The molecule has 0 saturated carbocycles. The fourth-order valence-corrected chi connectivity index (χ4v) is 3.57. The van der Waals surface area contributed by atoms with Gasteiger partial charge in [0.25, 0.3) is 0 Å². The van der Waals surface area contributed by atoms with E-state index >= 15 is 0 Å². The van der Waals surface area contributed by atoms with Gasteiger partial charge in [-0.15, -0.1) is 0 Å². The molecule has 2 rings (SSSR count). The highest BCUT2D eigenvalue weighted by Gasteiger charge is 2.17. The number of anilines is 1. The summed E-state index contributed by atoms with van der Waals surface area (Å²) in [5, 5.41) is 4.75. The molecular weight excluding hydrogens is 390 g/mol. The van der Waals surface area contributed by atoms with Gasteiger partial charge < -0.3 is 14.2 Å². The molecular formula is C21H29N3O4S. The standard InChI is InChI=1S/C21H29N3O4S/c1-5-7-8-9-12-28-17-11-10-15(13-18(17)26-3)14-22-24-21-23-16(6-2)19(29-21)20(25)27-4/h10-11,13-14H,5-9,12H2,1-4H3,(H,23,24)/b22-14-. The Morgan fingerprint density at radius 2 is 2.03 bits per heavy atom. The van der Waals surface area contributed by atoms with Crippen LogP contribution in [0, 0.1) is 0 Å². The number of carbonyl (C=O) groups excluding carboxylic acids is 1. The summed E-state index contributed by atoms with van der Waals surface area (Å²) in [4.78, 5) is 16.7. The van der Waals surface area contributed by atoms with Crippen molar-refractivity contribution in [1.82, 2.24) is 4.98 Å². The van der Waals surface area contributed by atoms with Gasteiger partial charge in [-0.2, -0.15) is 5.10 Å². The number of nitrogens with zero attached hydrogens (tertiary/aromatic N) is 2. The normalized spacial score (nSPS) is 10.9. The Labute approximate surface area is 176 Å². The molecule has 1 N–H and O–H groups in total. The molecule has 0 atom stereocenters. The molecule has 7 nitrogen and oxygen atoms in total. The second-order valence-corrected chi connectivity index (χ2v) is 7.33. The van der Waals surface area contributed by atoms with E-state index < -0.39 is 0 Å². The average molecular weight is 420 g/mol. The molecule has 0 bridgehead atoms. The fourth-order valence-electron chi connectivity index (χ4n) is 2.65. The number of methoxy groups -OCH3 is 2. The van der Waals surface area contributed by atoms with E-state index in [0.717, 1.165) is 17.7 Å². The third-order valence-corrected chi connectivity index (χ3v) is 5.20. The quantitative estimate of drug-likeness (QED) is 0.228. The number of aromatic nitrogens is 1. The lowest BCUT2D eigenvalue weighted by molar-refractivity contribution is 0.0605. The van der Waals surface area contributed by atoms with Gasteiger partial charge >= 0.3 is 5.97 Å². The van der Waals surface area contributed by atoms with Crippen LogP contribution in [-0.2, 0) is 11.2 Å². The lowest BCUT2D eigenvalue weighted by Crippen LogP contribution is -2.01. The zero-order chi connectivity index (χ0) is 21.1. The van der Waals surface area contributed by atoms with Crippen molar-refractivity contribution < 1.29 is 19.0 Å². The monoisotopic (exact) mass is 419 g/mol. The number of hydrogen-bond donors (Lipinski definition) is 1. The average Bonchev–Trinajstić information content (AvgIpc) is 3.16. The Bertz CT molecular complexity index is 820. The van der Waals surface area contributed by atoms with Crippen molar-refractivity contribution in [2.24, 2.45) is 5.10 Å². The van der Waals surface area contributed by atoms with E-state index in [1.165, 1.54) is 37.7 Å². The molecule has 1 heterocycles. The Kier molecular flexibility index (Phi) is 9.43. The highest BCUT2D eigenvalue weighted by molar-refractivity contribution is 7.17. The zero-order valence-corrected chi connectivity index (χ0v) is 18.3. The van der Waals surface area contributed by atoms with Crippen molar-refractivity contribution in [3.05, 3.63) is 34.3 Å². The Morgan fingerprint density at radius 3 is 2.72 bits per heavy atom. The number of rotatable bonds is 12. The second-order valence-electron chi connectivity index (χ2n) is 6.33. The minimum Gasteiger partial charge on any atom is -0.493 e. The number of hydrogen-bond acceptors (Lipinski definition) is 8. The molecule has 0 fully saturated rings. The lowest BCUT2D eigenvalue weighted by Gasteiger charge is -2.11. The number of unbranched alkanes of at least 4 members (excludes halogenated alkanes) is 3. The van der Waals surface area contributed by atoms with Crippen LogP contribution in [0.5, 0.6) is 11.5 Å². The number of benzene rings is 1. The molecule has 0 saturated heterocycles. The Hall–Kier alpha value is -2.61. The van der Waals surface area contributed by atoms with E-state index in [-0.39, 0.29) is 5.97 Å². The van der Waals surface area contributed by atoms with E-state index in [2.05, 4.69) is 22.4 Å². The molecule has 0 aliphatic carbocycles. The number of nitrogens with one attached hydrogen (secondary N) is 1. The van der Waals surface area contributed by atoms with Crippen LogP contribution in [0.1, 0.15) is 60.5 Å². The molecule has 158 valence electrons. The minimum absolute atomic E-state index is 0.383. The highest BCUT2D eigenvalue weighted by atomic mass is 32.1. The first kappa shape index (κ1) is 22.7. The maximum Gasteiger partial charge on any atom is 0.350 e. The van der Waals surface area contributed by atoms with E-state index in [0.29, 0.717) is 34.5 Å². The molecule has 8 heteroatoms. The van der Waals surface area contributed by atoms with Crippen LogP contribution < -0.4 is 14.9 Å². The van der Waals surface area contributed by atoms with Crippen molar-refractivity contribution in [2.75, 3.05) is 26.3 Å². The summed E-state index contributed by atoms with van der Waals surface area (Å²) >= 11 is 1.22. The van der Waals surface area contributed by atoms with Gasteiger partial charge in [-0.1, -0.05) is 44.4 Å². The number of esters is 1. The SMILES string of the molecule is CCCCCCOc1ccc(/C=N\Nc2nc(CC)c(C(=O)OC)s2)cc1OC. The van der Waals surface area contributed by atoms with Gasteiger partial charge in [-0.05, 0) is 36.6 Å². The summed E-state index contributed by atoms with van der Waals surface area (Å²) in [6.45, 7) is 4.81. The first-order valence-corrected chi connectivity index (χ1v) is 10.6. The maximum absolute atomic E-state index is 11.8. The van der Waals surface area contributed by atoms with Gasteiger partial charge in [0.15, 0.2) is 11.5 Å². The predicted octanol–water partition coefficient (Wildman–Crippen LogP) is 4.91. The summed E-state index contributed by atoms with van der Waals surface area (Å²) in [5.41, 5.74) is 4.42. The van der Waals surface area contributed by atoms with Crippen molar-refractivity contribution in [2.45, 2.75) is 46.0 Å². The molecule has 29 heavy (non-hydrogen) atoms. The number of hydrazone groups is 1. The van der Waals surface area contributed by atoms with E-state index in [1.54, 1.807) is 13.3 Å². The molecule has 0 aliphatic rings. The third kappa shape index (κ3) is 6.74. The van der Waals surface area contributed by atoms with Crippen LogP contribution in [0.15, 0.2) is 23.3 Å². The molecule has 1 aromatic carbocycles. The van der Waals surface area contributed by atoms with E-state index in [1.807, 2.05) is 25.1 Å². The van der Waals surface area contributed by atoms with Crippen LogP contribution in [0.2, 0.25) is 0 Å². The lowest BCUT2D eigenvalue weighted by atomic mass is 10.2. The van der Waals surface area contributed by atoms with Gasteiger partial charge in [0, 0.05) is 0 Å². The number of thiazole rings is 1. The van der Waals surface area contributed by atoms with Crippen molar-refractivity contribution >= 4 is 28.7 Å². The zero-order valence-electron chi connectivity index (χ0n) is 17.5. The first-order chi connectivity index (χ1) is 14.1. The number of aryl methyl sites for hydroxylation is 1.